The molecule has 0 aliphatic rings. The van der Waals surface area contributed by atoms with Gasteiger partial charge in [-0.25, -0.2) is 8.42 Å². The number of anilines is 2. The van der Waals surface area contributed by atoms with E-state index in [-0.39, 0.29) is 18.9 Å². The van der Waals surface area contributed by atoms with Crippen LogP contribution < -0.4 is 14.4 Å². The highest BCUT2D eigenvalue weighted by Gasteiger charge is 2.17. The third-order valence-corrected chi connectivity index (χ3v) is 4.78. The van der Waals surface area contributed by atoms with E-state index in [9.17, 15) is 13.2 Å². The molecule has 0 unspecified atom stereocenters. The highest BCUT2D eigenvalue weighted by molar-refractivity contribution is 7.92. The highest BCUT2D eigenvalue weighted by Crippen LogP contribution is 2.22. The molecule has 0 bridgehead atoms. The normalized spacial score (nSPS) is 11.0. The number of methoxy groups -OCH3 is 1. The minimum Gasteiger partial charge on any atom is -0.497 e. The molecule has 0 radical (unpaired) electrons. The number of para-hydroxylation sites is 1. The molecule has 0 saturated carbocycles. The van der Waals surface area contributed by atoms with E-state index in [4.69, 9.17) is 4.74 Å². The summed E-state index contributed by atoms with van der Waals surface area (Å²) in [7, 11) is -1.88. The summed E-state index contributed by atoms with van der Waals surface area (Å²) in [6.45, 7) is 0.230. The number of nitrogens with one attached hydrogen (secondary N) is 1. The molecular weight excluding hydrogens is 340 g/mol. The average molecular weight is 362 g/mol. The molecule has 0 fully saturated rings. The molecule has 25 heavy (non-hydrogen) atoms. The van der Waals surface area contributed by atoms with Crippen LogP contribution >= 0.6 is 0 Å². The monoisotopic (exact) mass is 362 g/mol. The number of amides is 1. The zero-order valence-electron chi connectivity index (χ0n) is 14.3. The minimum absolute atomic E-state index is 0.144. The number of carbonyl (C=O) groups excluding carboxylic acids is 1. The van der Waals surface area contributed by atoms with Crippen molar-refractivity contribution in [1.82, 2.24) is 0 Å². The maximum absolute atomic E-state index is 12.0. The summed E-state index contributed by atoms with van der Waals surface area (Å²) >= 11 is 0. The average Bonchev–Trinajstić information content (AvgIpc) is 2.59. The summed E-state index contributed by atoms with van der Waals surface area (Å²) in [5.74, 6) is 0.508. The van der Waals surface area contributed by atoms with Crippen molar-refractivity contribution in [3.05, 3.63) is 54.6 Å². The van der Waals surface area contributed by atoms with Crippen LogP contribution in [-0.2, 0) is 14.8 Å². The second kappa shape index (κ2) is 8.53. The Hall–Kier alpha value is -2.54. The number of hydrogen-bond acceptors (Lipinski definition) is 4. The van der Waals surface area contributed by atoms with Crippen molar-refractivity contribution >= 4 is 27.3 Å². The first-order valence-electron chi connectivity index (χ1n) is 7.87. The number of hydrogen-bond donors (Lipinski definition) is 1. The zero-order valence-corrected chi connectivity index (χ0v) is 15.1. The van der Waals surface area contributed by atoms with Crippen molar-refractivity contribution in [3.63, 3.8) is 0 Å². The fourth-order valence-electron chi connectivity index (χ4n) is 2.36. The van der Waals surface area contributed by atoms with Crippen LogP contribution in [-0.4, -0.2) is 34.2 Å². The first kappa shape index (κ1) is 18.8. The number of carbonyl (C=O) groups is 1. The number of ether oxygens (including phenoxy) is 1. The van der Waals surface area contributed by atoms with Crippen LogP contribution in [0.2, 0.25) is 0 Å². The van der Waals surface area contributed by atoms with Gasteiger partial charge in [-0.3, -0.25) is 9.10 Å². The van der Waals surface area contributed by atoms with Gasteiger partial charge in [0.2, 0.25) is 15.9 Å². The molecule has 0 aliphatic heterocycles. The predicted molar refractivity (Wildman–Crippen MR) is 99.5 cm³/mol. The Morgan fingerprint density at radius 2 is 1.72 bits per heavy atom. The van der Waals surface area contributed by atoms with Gasteiger partial charge in [-0.05, 0) is 42.8 Å². The molecule has 7 heteroatoms. The smallest absolute Gasteiger partial charge is 0.232 e. The molecule has 0 atom stereocenters. The Balaban J connectivity index is 1.95. The molecule has 1 N–H and O–H groups in total. The van der Waals surface area contributed by atoms with Crippen molar-refractivity contribution in [2.75, 3.05) is 29.5 Å². The lowest BCUT2D eigenvalue weighted by Gasteiger charge is -2.22. The third-order valence-electron chi connectivity index (χ3n) is 3.58. The topological polar surface area (TPSA) is 75.7 Å². The van der Waals surface area contributed by atoms with Crippen LogP contribution in [0.25, 0.3) is 0 Å². The summed E-state index contributed by atoms with van der Waals surface area (Å²) in [5.41, 5.74) is 1.27. The minimum atomic E-state index is -3.43. The number of nitrogens with zero attached hydrogens (tertiary/aromatic N) is 1. The SMILES string of the molecule is COc1ccc(N(CCCC(=O)Nc2ccccc2)S(C)(=O)=O)cc1. The summed E-state index contributed by atoms with van der Waals surface area (Å²) < 4.78 is 30.5. The summed E-state index contributed by atoms with van der Waals surface area (Å²) in [5, 5.41) is 2.79. The fourth-order valence-corrected chi connectivity index (χ4v) is 3.33. The summed E-state index contributed by atoms with van der Waals surface area (Å²) in [4.78, 5) is 12.0. The van der Waals surface area contributed by atoms with Crippen LogP contribution in [0, 0.1) is 0 Å². The number of sulfonamides is 1. The largest absolute Gasteiger partial charge is 0.497 e. The lowest BCUT2D eigenvalue weighted by Crippen LogP contribution is -2.31. The molecule has 0 saturated heterocycles. The zero-order chi connectivity index (χ0) is 18.3. The standard InChI is InChI=1S/C18H22N2O4S/c1-24-17-12-10-16(11-13-17)20(25(2,22)23)14-6-9-18(21)19-15-7-4-3-5-8-15/h3-5,7-8,10-13H,6,9,14H2,1-2H3,(H,19,21). The van der Waals surface area contributed by atoms with Gasteiger partial charge in [-0.15, -0.1) is 0 Å². The van der Waals surface area contributed by atoms with E-state index in [1.54, 1.807) is 43.5 Å². The van der Waals surface area contributed by atoms with Gasteiger partial charge < -0.3 is 10.1 Å². The molecule has 1 amide bonds. The summed E-state index contributed by atoms with van der Waals surface area (Å²) in [6, 6.07) is 15.9. The van der Waals surface area contributed by atoms with Crippen molar-refractivity contribution in [2.24, 2.45) is 0 Å². The molecule has 0 heterocycles. The van der Waals surface area contributed by atoms with E-state index in [0.29, 0.717) is 17.9 Å². The Bertz CT molecular complexity index is 790. The molecule has 2 aromatic carbocycles. The second-order valence-corrected chi connectivity index (χ2v) is 7.46. The van der Waals surface area contributed by atoms with Gasteiger partial charge in [0.05, 0.1) is 19.1 Å². The van der Waals surface area contributed by atoms with Crippen LogP contribution in [0.4, 0.5) is 11.4 Å². The predicted octanol–water partition coefficient (Wildman–Crippen LogP) is 2.88. The molecule has 2 aromatic rings. The molecule has 2 rings (SSSR count). The maximum Gasteiger partial charge on any atom is 0.232 e. The van der Waals surface area contributed by atoms with Crippen LogP contribution in [0.15, 0.2) is 54.6 Å². The van der Waals surface area contributed by atoms with Crippen molar-refractivity contribution in [2.45, 2.75) is 12.8 Å². The molecular formula is C18H22N2O4S. The lowest BCUT2D eigenvalue weighted by molar-refractivity contribution is -0.116. The first-order chi connectivity index (χ1) is 11.9. The second-order valence-electron chi connectivity index (χ2n) is 5.55. The number of rotatable bonds is 8. The quantitative estimate of drug-likeness (QED) is 0.783. The van der Waals surface area contributed by atoms with Gasteiger partial charge in [0.1, 0.15) is 5.75 Å². The van der Waals surface area contributed by atoms with E-state index in [2.05, 4.69) is 5.32 Å². The van der Waals surface area contributed by atoms with E-state index >= 15 is 0 Å². The van der Waals surface area contributed by atoms with Gasteiger partial charge in [0.25, 0.3) is 0 Å². The Labute approximate surface area is 148 Å². The molecule has 0 aromatic heterocycles. The molecule has 134 valence electrons. The van der Waals surface area contributed by atoms with Crippen molar-refractivity contribution < 1.29 is 17.9 Å². The van der Waals surface area contributed by atoms with Crippen LogP contribution in [0.1, 0.15) is 12.8 Å². The fraction of sp³-hybridized carbons (Fsp3) is 0.278. The van der Waals surface area contributed by atoms with E-state index < -0.39 is 10.0 Å². The molecule has 6 nitrogen and oxygen atoms in total. The summed E-state index contributed by atoms with van der Waals surface area (Å²) in [6.07, 6.45) is 1.80. The third kappa shape index (κ3) is 5.79. The Kier molecular flexibility index (Phi) is 6.41. The highest BCUT2D eigenvalue weighted by atomic mass is 32.2. The van der Waals surface area contributed by atoms with Gasteiger partial charge in [0.15, 0.2) is 0 Å². The maximum atomic E-state index is 12.0. The van der Waals surface area contributed by atoms with Gasteiger partial charge in [0, 0.05) is 18.7 Å². The molecule has 0 aliphatic carbocycles. The van der Waals surface area contributed by atoms with Crippen LogP contribution in [0.3, 0.4) is 0 Å². The van der Waals surface area contributed by atoms with Crippen molar-refractivity contribution in [1.29, 1.82) is 0 Å². The van der Waals surface area contributed by atoms with Gasteiger partial charge in [-0.1, -0.05) is 18.2 Å². The Morgan fingerprint density at radius 3 is 2.28 bits per heavy atom. The van der Waals surface area contributed by atoms with Crippen molar-refractivity contribution in [3.8, 4) is 5.75 Å². The number of benzene rings is 2. The van der Waals surface area contributed by atoms with E-state index in [0.717, 1.165) is 11.9 Å². The van der Waals surface area contributed by atoms with Crippen LogP contribution in [0.5, 0.6) is 5.75 Å². The van der Waals surface area contributed by atoms with E-state index in [1.165, 1.54) is 4.31 Å². The molecule has 0 spiro atoms. The van der Waals surface area contributed by atoms with Gasteiger partial charge >= 0.3 is 0 Å². The van der Waals surface area contributed by atoms with Gasteiger partial charge in [-0.2, -0.15) is 0 Å². The first-order valence-corrected chi connectivity index (χ1v) is 9.71. The van der Waals surface area contributed by atoms with E-state index in [1.807, 2.05) is 18.2 Å². The Morgan fingerprint density at radius 1 is 1.08 bits per heavy atom. The lowest BCUT2D eigenvalue weighted by atomic mass is 10.2.